The molecule has 1 fully saturated rings. The van der Waals surface area contributed by atoms with Gasteiger partial charge in [0.05, 0.1) is 0 Å². The molecule has 4 nitrogen and oxygen atoms in total. The maximum absolute atomic E-state index is 11.6. The molecular formula is C10H20N2O2. The fraction of sp³-hybridized carbons (Fsp3) is 0.900. The minimum absolute atomic E-state index is 0.0573. The lowest BCUT2D eigenvalue weighted by molar-refractivity contribution is 0.0783. The van der Waals surface area contributed by atoms with Gasteiger partial charge in [0.15, 0.2) is 0 Å². The van der Waals surface area contributed by atoms with Crippen molar-refractivity contribution in [1.29, 1.82) is 0 Å². The van der Waals surface area contributed by atoms with E-state index in [-0.39, 0.29) is 6.03 Å². The van der Waals surface area contributed by atoms with Gasteiger partial charge in [0.2, 0.25) is 0 Å². The monoisotopic (exact) mass is 200 g/mol. The lowest BCUT2D eigenvalue weighted by Crippen LogP contribution is -2.46. The zero-order valence-corrected chi connectivity index (χ0v) is 9.08. The SMILES string of the molecule is CCN(CC)C(=O)NC1CCOCC1. The first-order valence-electron chi connectivity index (χ1n) is 5.41. The van der Waals surface area contributed by atoms with E-state index in [1.807, 2.05) is 13.8 Å². The number of carbonyl (C=O) groups excluding carboxylic acids is 1. The molecule has 4 heteroatoms. The molecule has 2 amide bonds. The number of rotatable bonds is 3. The molecule has 0 aromatic heterocycles. The van der Waals surface area contributed by atoms with Crippen LogP contribution in [0, 0.1) is 0 Å². The van der Waals surface area contributed by atoms with Crippen molar-refractivity contribution in [2.75, 3.05) is 26.3 Å². The molecule has 0 bridgehead atoms. The summed E-state index contributed by atoms with van der Waals surface area (Å²) < 4.78 is 5.23. The standard InChI is InChI=1S/C10H20N2O2/c1-3-12(4-2)10(13)11-9-5-7-14-8-6-9/h9H,3-8H2,1-2H3,(H,11,13). The number of ether oxygens (including phenoxy) is 1. The highest BCUT2D eigenvalue weighted by atomic mass is 16.5. The van der Waals surface area contributed by atoms with Crippen LogP contribution in [0.3, 0.4) is 0 Å². The average Bonchev–Trinajstić information content (AvgIpc) is 2.21. The molecule has 0 aliphatic carbocycles. The smallest absolute Gasteiger partial charge is 0.317 e. The van der Waals surface area contributed by atoms with Gasteiger partial charge in [-0.25, -0.2) is 4.79 Å². The largest absolute Gasteiger partial charge is 0.381 e. The van der Waals surface area contributed by atoms with Crippen molar-refractivity contribution < 1.29 is 9.53 Å². The topological polar surface area (TPSA) is 41.6 Å². The second-order valence-electron chi connectivity index (χ2n) is 3.51. The minimum Gasteiger partial charge on any atom is -0.381 e. The minimum atomic E-state index is 0.0573. The highest BCUT2D eigenvalue weighted by Gasteiger charge is 2.18. The van der Waals surface area contributed by atoms with E-state index in [0.717, 1.165) is 39.1 Å². The number of hydrogen-bond donors (Lipinski definition) is 1. The van der Waals surface area contributed by atoms with Gasteiger partial charge in [-0.05, 0) is 26.7 Å². The molecule has 0 unspecified atom stereocenters. The lowest BCUT2D eigenvalue weighted by Gasteiger charge is -2.27. The summed E-state index contributed by atoms with van der Waals surface area (Å²) in [4.78, 5) is 13.4. The Morgan fingerprint density at radius 3 is 2.43 bits per heavy atom. The molecule has 1 rings (SSSR count). The highest BCUT2D eigenvalue weighted by molar-refractivity contribution is 5.74. The number of amides is 2. The van der Waals surface area contributed by atoms with Crippen molar-refractivity contribution >= 4 is 6.03 Å². The van der Waals surface area contributed by atoms with Crippen molar-refractivity contribution in [2.24, 2.45) is 0 Å². The van der Waals surface area contributed by atoms with Crippen LogP contribution in [-0.4, -0.2) is 43.3 Å². The van der Waals surface area contributed by atoms with Crippen molar-refractivity contribution in [2.45, 2.75) is 32.7 Å². The predicted molar refractivity (Wildman–Crippen MR) is 55.3 cm³/mol. The van der Waals surface area contributed by atoms with Gasteiger partial charge in [-0.2, -0.15) is 0 Å². The summed E-state index contributed by atoms with van der Waals surface area (Å²) in [5.41, 5.74) is 0. The molecule has 0 aromatic carbocycles. The van der Waals surface area contributed by atoms with E-state index in [1.54, 1.807) is 4.90 Å². The quantitative estimate of drug-likeness (QED) is 0.744. The van der Waals surface area contributed by atoms with Crippen molar-refractivity contribution in [3.05, 3.63) is 0 Å². The van der Waals surface area contributed by atoms with Crippen LogP contribution in [0.2, 0.25) is 0 Å². The Bertz CT molecular complexity index is 175. The van der Waals surface area contributed by atoms with E-state index < -0.39 is 0 Å². The molecule has 1 saturated heterocycles. The number of carbonyl (C=O) groups is 1. The Morgan fingerprint density at radius 1 is 1.36 bits per heavy atom. The summed E-state index contributed by atoms with van der Waals surface area (Å²) >= 11 is 0. The first-order valence-corrected chi connectivity index (χ1v) is 5.41. The molecule has 1 heterocycles. The number of nitrogens with one attached hydrogen (secondary N) is 1. The van der Waals surface area contributed by atoms with E-state index in [2.05, 4.69) is 5.32 Å². The Morgan fingerprint density at radius 2 is 1.93 bits per heavy atom. The second kappa shape index (κ2) is 5.86. The third-order valence-corrected chi connectivity index (χ3v) is 2.60. The third kappa shape index (κ3) is 3.18. The zero-order chi connectivity index (χ0) is 10.4. The molecule has 0 spiro atoms. The zero-order valence-electron chi connectivity index (χ0n) is 9.08. The van der Waals surface area contributed by atoms with Gasteiger partial charge in [-0.15, -0.1) is 0 Å². The molecule has 0 atom stereocenters. The van der Waals surface area contributed by atoms with Crippen LogP contribution < -0.4 is 5.32 Å². The van der Waals surface area contributed by atoms with Gasteiger partial charge in [0.25, 0.3) is 0 Å². The van der Waals surface area contributed by atoms with Gasteiger partial charge in [0, 0.05) is 32.3 Å². The second-order valence-corrected chi connectivity index (χ2v) is 3.51. The molecule has 1 N–H and O–H groups in total. The predicted octanol–water partition coefficient (Wildman–Crippen LogP) is 1.22. The Labute approximate surface area is 85.6 Å². The van der Waals surface area contributed by atoms with E-state index in [0.29, 0.717) is 6.04 Å². The fourth-order valence-electron chi connectivity index (χ4n) is 1.62. The first kappa shape index (κ1) is 11.3. The van der Waals surface area contributed by atoms with Crippen LogP contribution in [0.15, 0.2) is 0 Å². The molecule has 0 radical (unpaired) electrons. The van der Waals surface area contributed by atoms with Gasteiger partial charge in [-0.3, -0.25) is 0 Å². The lowest BCUT2D eigenvalue weighted by atomic mass is 10.1. The Kier molecular flexibility index (Phi) is 4.73. The fourth-order valence-corrected chi connectivity index (χ4v) is 1.62. The van der Waals surface area contributed by atoms with Gasteiger partial charge >= 0.3 is 6.03 Å². The summed E-state index contributed by atoms with van der Waals surface area (Å²) in [6.07, 6.45) is 1.88. The van der Waals surface area contributed by atoms with Crippen LogP contribution in [0.25, 0.3) is 0 Å². The van der Waals surface area contributed by atoms with Crippen molar-refractivity contribution in [3.63, 3.8) is 0 Å². The van der Waals surface area contributed by atoms with Crippen LogP contribution in [0.1, 0.15) is 26.7 Å². The highest BCUT2D eigenvalue weighted by Crippen LogP contribution is 2.06. The Hall–Kier alpha value is -0.770. The van der Waals surface area contributed by atoms with E-state index >= 15 is 0 Å². The van der Waals surface area contributed by atoms with Crippen molar-refractivity contribution in [1.82, 2.24) is 10.2 Å². The van der Waals surface area contributed by atoms with Gasteiger partial charge < -0.3 is 15.0 Å². The van der Waals surface area contributed by atoms with E-state index in [9.17, 15) is 4.79 Å². The van der Waals surface area contributed by atoms with Crippen LogP contribution in [0.5, 0.6) is 0 Å². The molecule has 14 heavy (non-hydrogen) atoms. The van der Waals surface area contributed by atoms with Crippen LogP contribution in [0.4, 0.5) is 4.79 Å². The molecule has 0 saturated carbocycles. The average molecular weight is 200 g/mol. The summed E-state index contributed by atoms with van der Waals surface area (Å²) in [6.45, 7) is 7.06. The van der Waals surface area contributed by atoms with Crippen LogP contribution in [-0.2, 0) is 4.74 Å². The van der Waals surface area contributed by atoms with E-state index in [1.165, 1.54) is 0 Å². The number of urea groups is 1. The summed E-state index contributed by atoms with van der Waals surface area (Å²) in [5, 5.41) is 3.03. The van der Waals surface area contributed by atoms with Gasteiger partial charge in [0.1, 0.15) is 0 Å². The molecule has 82 valence electrons. The summed E-state index contributed by atoms with van der Waals surface area (Å²) in [7, 11) is 0. The van der Waals surface area contributed by atoms with Crippen LogP contribution >= 0.6 is 0 Å². The molecule has 1 aliphatic heterocycles. The third-order valence-electron chi connectivity index (χ3n) is 2.60. The maximum atomic E-state index is 11.6. The summed E-state index contributed by atoms with van der Waals surface area (Å²) in [5.74, 6) is 0. The van der Waals surface area contributed by atoms with E-state index in [4.69, 9.17) is 4.74 Å². The maximum Gasteiger partial charge on any atom is 0.317 e. The molecular weight excluding hydrogens is 180 g/mol. The van der Waals surface area contributed by atoms with Gasteiger partial charge in [-0.1, -0.05) is 0 Å². The molecule has 0 aromatic rings. The summed E-state index contributed by atoms with van der Waals surface area (Å²) in [6, 6.07) is 0.360. The number of nitrogens with zero attached hydrogens (tertiary/aromatic N) is 1. The van der Waals surface area contributed by atoms with Crippen molar-refractivity contribution in [3.8, 4) is 0 Å². The molecule has 1 aliphatic rings. The number of hydrogen-bond acceptors (Lipinski definition) is 2. The first-order chi connectivity index (χ1) is 6.77. The Balaban J connectivity index is 2.30. The normalized spacial score (nSPS) is 17.9.